The van der Waals surface area contributed by atoms with Crippen LogP contribution in [0.15, 0.2) is 30.5 Å². The van der Waals surface area contributed by atoms with Crippen molar-refractivity contribution in [3.63, 3.8) is 0 Å². The summed E-state index contributed by atoms with van der Waals surface area (Å²) in [6, 6.07) is 8.29. The molecule has 1 amide bonds. The number of anilines is 1. The van der Waals surface area contributed by atoms with E-state index in [1.807, 2.05) is 12.3 Å². The number of thiazole rings is 1. The van der Waals surface area contributed by atoms with Crippen molar-refractivity contribution in [3.05, 3.63) is 36.0 Å². The molecule has 0 radical (unpaired) electrons. The molecule has 4 nitrogen and oxygen atoms in total. The average molecular weight is 287 g/mol. The summed E-state index contributed by atoms with van der Waals surface area (Å²) in [5, 5.41) is 6.79. The lowest BCUT2D eigenvalue weighted by Crippen LogP contribution is -2.24. The number of aromatic nitrogens is 1. The molecule has 1 aliphatic heterocycles. The zero-order valence-electron chi connectivity index (χ0n) is 11.3. The van der Waals surface area contributed by atoms with Gasteiger partial charge in [0.1, 0.15) is 0 Å². The third-order valence-electron chi connectivity index (χ3n) is 3.47. The van der Waals surface area contributed by atoms with E-state index in [0.717, 1.165) is 30.0 Å². The third kappa shape index (κ3) is 2.89. The summed E-state index contributed by atoms with van der Waals surface area (Å²) in [5.74, 6) is 0.140. The Labute approximate surface area is 122 Å². The third-order valence-corrected chi connectivity index (χ3v) is 4.43. The van der Waals surface area contributed by atoms with Crippen LogP contribution >= 0.6 is 11.3 Å². The molecule has 1 aromatic heterocycles. The van der Waals surface area contributed by atoms with Crippen molar-refractivity contribution >= 4 is 22.4 Å². The normalized spacial score (nSPS) is 18.1. The van der Waals surface area contributed by atoms with Gasteiger partial charge in [-0.15, -0.1) is 0 Å². The number of amides is 1. The average Bonchev–Trinajstić information content (AvgIpc) is 3.10. The van der Waals surface area contributed by atoms with Crippen molar-refractivity contribution in [2.45, 2.75) is 13.3 Å². The maximum atomic E-state index is 12.0. The van der Waals surface area contributed by atoms with Gasteiger partial charge in [0.25, 0.3) is 0 Å². The zero-order valence-corrected chi connectivity index (χ0v) is 12.2. The molecule has 104 valence electrons. The van der Waals surface area contributed by atoms with Crippen molar-refractivity contribution in [2.24, 2.45) is 5.92 Å². The summed E-state index contributed by atoms with van der Waals surface area (Å²) >= 11 is 1.52. The lowest BCUT2D eigenvalue weighted by Gasteiger charge is -2.06. The molecule has 20 heavy (non-hydrogen) atoms. The highest BCUT2D eigenvalue weighted by Gasteiger charge is 2.23. The van der Waals surface area contributed by atoms with Crippen LogP contribution in [0.5, 0.6) is 0 Å². The monoisotopic (exact) mass is 287 g/mol. The molecule has 0 saturated carbocycles. The Morgan fingerprint density at radius 2 is 2.40 bits per heavy atom. The number of hydrogen-bond acceptors (Lipinski definition) is 4. The lowest BCUT2D eigenvalue weighted by atomic mass is 10.1. The highest BCUT2D eigenvalue weighted by Crippen LogP contribution is 2.29. The Hall–Kier alpha value is -1.72. The number of rotatable bonds is 3. The summed E-state index contributed by atoms with van der Waals surface area (Å²) in [6.45, 7) is 3.76. The minimum atomic E-state index is 0.0696. The second-order valence-electron chi connectivity index (χ2n) is 5.08. The van der Waals surface area contributed by atoms with E-state index >= 15 is 0 Å². The molecule has 0 aliphatic carbocycles. The molecule has 1 aliphatic rings. The Balaban J connectivity index is 1.72. The van der Waals surface area contributed by atoms with E-state index in [1.165, 1.54) is 16.9 Å². The smallest absolute Gasteiger partial charge is 0.230 e. The van der Waals surface area contributed by atoms with Crippen molar-refractivity contribution < 1.29 is 4.79 Å². The minimum absolute atomic E-state index is 0.0696. The first kappa shape index (κ1) is 13.3. The number of aryl methyl sites for hydroxylation is 1. The van der Waals surface area contributed by atoms with Crippen molar-refractivity contribution in [2.75, 3.05) is 18.4 Å². The van der Waals surface area contributed by atoms with E-state index < -0.39 is 0 Å². The Bertz CT molecular complexity index is 617. The molecule has 3 rings (SSSR count). The van der Waals surface area contributed by atoms with Crippen LogP contribution in [0.25, 0.3) is 10.4 Å². The van der Waals surface area contributed by atoms with E-state index in [0.29, 0.717) is 5.13 Å². The topological polar surface area (TPSA) is 54.0 Å². The number of carbonyl (C=O) groups excluding carboxylic acids is 1. The van der Waals surface area contributed by atoms with Gasteiger partial charge in [-0.05, 0) is 25.5 Å². The van der Waals surface area contributed by atoms with Gasteiger partial charge in [-0.2, -0.15) is 0 Å². The fraction of sp³-hybridized carbons (Fsp3) is 0.333. The standard InChI is InChI=1S/C15H17N3OS/c1-10-3-2-4-11(7-10)13-9-17-15(20-13)18-14(19)12-5-6-16-8-12/h2-4,7,9,12,16H,5-6,8H2,1H3,(H,17,18,19). The van der Waals surface area contributed by atoms with Crippen LogP contribution in [-0.2, 0) is 4.79 Å². The van der Waals surface area contributed by atoms with Crippen LogP contribution in [-0.4, -0.2) is 24.0 Å². The van der Waals surface area contributed by atoms with E-state index in [1.54, 1.807) is 0 Å². The summed E-state index contributed by atoms with van der Waals surface area (Å²) < 4.78 is 0. The Morgan fingerprint density at radius 1 is 1.50 bits per heavy atom. The first-order chi connectivity index (χ1) is 9.72. The molecule has 0 bridgehead atoms. The predicted molar refractivity (Wildman–Crippen MR) is 81.9 cm³/mol. The van der Waals surface area contributed by atoms with E-state index in [-0.39, 0.29) is 11.8 Å². The molecule has 2 aromatic rings. The Kier molecular flexibility index (Phi) is 3.80. The SMILES string of the molecule is Cc1cccc(-c2cnc(NC(=O)C3CCNC3)s2)c1. The highest BCUT2D eigenvalue weighted by atomic mass is 32.1. The van der Waals surface area contributed by atoms with E-state index in [2.05, 4.69) is 40.7 Å². The molecule has 0 spiro atoms. The van der Waals surface area contributed by atoms with Gasteiger partial charge in [0.2, 0.25) is 5.91 Å². The minimum Gasteiger partial charge on any atom is -0.316 e. The summed E-state index contributed by atoms with van der Waals surface area (Å²) in [6.07, 6.45) is 2.73. The van der Waals surface area contributed by atoms with Gasteiger partial charge in [-0.25, -0.2) is 4.98 Å². The predicted octanol–water partition coefficient (Wildman–Crippen LogP) is 2.67. The van der Waals surface area contributed by atoms with Gasteiger partial charge < -0.3 is 10.6 Å². The fourth-order valence-electron chi connectivity index (χ4n) is 2.35. The molecule has 1 atom stereocenters. The number of carbonyl (C=O) groups is 1. The van der Waals surface area contributed by atoms with Crippen LogP contribution in [0, 0.1) is 12.8 Å². The van der Waals surface area contributed by atoms with Gasteiger partial charge in [-0.1, -0.05) is 41.2 Å². The number of benzene rings is 1. The van der Waals surface area contributed by atoms with Crippen LogP contribution in [0.2, 0.25) is 0 Å². The molecule has 1 aromatic carbocycles. The van der Waals surface area contributed by atoms with Crippen LogP contribution < -0.4 is 10.6 Å². The lowest BCUT2D eigenvalue weighted by molar-refractivity contribution is -0.119. The van der Waals surface area contributed by atoms with Crippen LogP contribution in [0.1, 0.15) is 12.0 Å². The first-order valence-electron chi connectivity index (χ1n) is 6.77. The van der Waals surface area contributed by atoms with Gasteiger partial charge in [0.05, 0.1) is 10.8 Å². The molecule has 2 N–H and O–H groups in total. The highest BCUT2D eigenvalue weighted by molar-refractivity contribution is 7.19. The molecule has 1 unspecified atom stereocenters. The van der Waals surface area contributed by atoms with Crippen LogP contribution in [0.4, 0.5) is 5.13 Å². The largest absolute Gasteiger partial charge is 0.316 e. The van der Waals surface area contributed by atoms with Gasteiger partial charge >= 0.3 is 0 Å². The van der Waals surface area contributed by atoms with E-state index in [4.69, 9.17) is 0 Å². The zero-order chi connectivity index (χ0) is 13.9. The van der Waals surface area contributed by atoms with Crippen molar-refractivity contribution in [1.29, 1.82) is 0 Å². The first-order valence-corrected chi connectivity index (χ1v) is 7.58. The Morgan fingerprint density at radius 3 is 3.15 bits per heavy atom. The van der Waals surface area contributed by atoms with Gasteiger partial charge in [0, 0.05) is 12.7 Å². The summed E-state index contributed by atoms with van der Waals surface area (Å²) in [4.78, 5) is 17.4. The molecular formula is C15H17N3OS. The molecule has 2 heterocycles. The summed E-state index contributed by atoms with van der Waals surface area (Å²) in [5.41, 5.74) is 2.36. The summed E-state index contributed by atoms with van der Waals surface area (Å²) in [7, 11) is 0. The molecule has 1 fully saturated rings. The van der Waals surface area contributed by atoms with Gasteiger partial charge in [0.15, 0.2) is 5.13 Å². The molecular weight excluding hydrogens is 270 g/mol. The van der Waals surface area contributed by atoms with Gasteiger partial charge in [-0.3, -0.25) is 4.79 Å². The number of hydrogen-bond donors (Lipinski definition) is 2. The molecule has 1 saturated heterocycles. The van der Waals surface area contributed by atoms with Crippen molar-refractivity contribution in [3.8, 4) is 10.4 Å². The molecule has 5 heteroatoms. The fourth-order valence-corrected chi connectivity index (χ4v) is 3.17. The van der Waals surface area contributed by atoms with Crippen molar-refractivity contribution in [1.82, 2.24) is 10.3 Å². The second-order valence-corrected chi connectivity index (χ2v) is 6.11. The van der Waals surface area contributed by atoms with Crippen LogP contribution in [0.3, 0.4) is 0 Å². The maximum absolute atomic E-state index is 12.0. The second kappa shape index (κ2) is 5.73. The number of nitrogens with zero attached hydrogens (tertiary/aromatic N) is 1. The number of nitrogens with one attached hydrogen (secondary N) is 2. The van der Waals surface area contributed by atoms with E-state index in [9.17, 15) is 4.79 Å². The maximum Gasteiger partial charge on any atom is 0.230 e. The quantitative estimate of drug-likeness (QED) is 0.912.